The first-order valence-corrected chi connectivity index (χ1v) is 26.8. The van der Waals surface area contributed by atoms with Crippen molar-refractivity contribution in [3.05, 3.63) is 132 Å². The number of benzene rings is 2. The monoisotopic (exact) mass is 1120 g/mol. The molecule has 5 heterocycles. The summed E-state index contributed by atoms with van der Waals surface area (Å²) in [6.07, 6.45) is 12.7. The highest BCUT2D eigenvalue weighted by atomic mass is 16.8. The number of aromatic hydroxyl groups is 1. The van der Waals surface area contributed by atoms with Gasteiger partial charge in [-0.3, -0.25) is 9.59 Å². The Bertz CT molecular complexity index is 2870. The summed E-state index contributed by atoms with van der Waals surface area (Å²) in [4.78, 5) is 73.1. The fourth-order valence-electron chi connectivity index (χ4n) is 8.47. The molecule has 0 bridgehead atoms. The average Bonchev–Trinajstić information content (AvgIpc) is 3.78. The van der Waals surface area contributed by atoms with Crippen molar-refractivity contribution in [3.63, 3.8) is 0 Å². The number of ketones is 2. The zero-order chi connectivity index (χ0) is 58.5. The van der Waals surface area contributed by atoms with Crippen molar-refractivity contribution in [1.82, 2.24) is 9.97 Å². The fourth-order valence-corrected chi connectivity index (χ4v) is 8.47. The predicted molar refractivity (Wildman–Crippen MR) is 304 cm³/mol. The number of hydrogen-bond acceptors (Lipinski definition) is 20. The highest BCUT2D eigenvalue weighted by molar-refractivity contribution is 6.70. The molecule has 20 nitrogen and oxygen atoms in total. The van der Waals surface area contributed by atoms with E-state index in [0.717, 1.165) is 5.82 Å². The number of carbonyl (C=O) groups excluding carboxylic acids is 5. The van der Waals surface area contributed by atoms with Gasteiger partial charge in [0.15, 0.2) is 24.1 Å². The molecule has 21 heteroatoms. The number of pyridine rings is 2. The van der Waals surface area contributed by atoms with Crippen molar-refractivity contribution in [2.45, 2.75) is 110 Å². The van der Waals surface area contributed by atoms with Crippen LogP contribution in [0.15, 0.2) is 110 Å². The summed E-state index contributed by atoms with van der Waals surface area (Å²) in [5, 5.41) is 34.2. The minimum absolute atomic E-state index is 0.0402. The number of phenols is 1. The highest BCUT2D eigenvalue weighted by Crippen LogP contribution is 2.35. The van der Waals surface area contributed by atoms with Crippen LogP contribution in [0.1, 0.15) is 99.1 Å². The number of aliphatic hydroxyl groups excluding tert-OH is 2. The van der Waals surface area contributed by atoms with Gasteiger partial charge in [-0.1, -0.05) is 62.4 Å². The molecule has 0 spiro atoms. The molecule has 6 unspecified atom stereocenters. The lowest BCUT2D eigenvalue weighted by atomic mass is 9.94. The van der Waals surface area contributed by atoms with E-state index in [-0.39, 0.29) is 53.5 Å². The van der Waals surface area contributed by atoms with E-state index in [2.05, 4.69) is 15.3 Å². The molecule has 7 rings (SSSR count). The number of esters is 2. The number of rotatable bonds is 17. The van der Waals surface area contributed by atoms with E-state index in [1.165, 1.54) is 51.0 Å². The zero-order valence-electron chi connectivity index (χ0n) is 46.7. The maximum absolute atomic E-state index is 13.6. The van der Waals surface area contributed by atoms with Crippen LogP contribution < -0.4 is 24.3 Å². The number of aliphatic hydroxyl groups is 2. The zero-order valence-corrected chi connectivity index (χ0v) is 46.7. The van der Waals surface area contributed by atoms with Gasteiger partial charge in [0, 0.05) is 56.6 Å². The van der Waals surface area contributed by atoms with Crippen LogP contribution in [0, 0.1) is 11.8 Å². The largest absolute Gasteiger partial charge is 0.507 e. The number of aromatic nitrogens is 2. The van der Waals surface area contributed by atoms with Gasteiger partial charge in [-0.25, -0.2) is 19.6 Å². The molecule has 8 atom stereocenters. The number of hydrogen-bond donors (Lipinski definition) is 4. The van der Waals surface area contributed by atoms with Crippen molar-refractivity contribution >= 4 is 60.9 Å². The van der Waals surface area contributed by atoms with Crippen molar-refractivity contribution < 1.29 is 77.2 Å². The Morgan fingerprint density at radius 1 is 0.753 bits per heavy atom. The van der Waals surface area contributed by atoms with Gasteiger partial charge in [0.05, 0.1) is 25.4 Å². The van der Waals surface area contributed by atoms with Crippen LogP contribution in [-0.4, -0.2) is 145 Å². The van der Waals surface area contributed by atoms with E-state index in [9.17, 15) is 39.3 Å². The Morgan fingerprint density at radius 3 is 2.01 bits per heavy atom. The van der Waals surface area contributed by atoms with Gasteiger partial charge in [0.25, 0.3) is 0 Å². The molecule has 1 saturated heterocycles. The number of nitrogens with zero attached hydrogens (tertiary/aromatic N) is 3. The summed E-state index contributed by atoms with van der Waals surface area (Å²) in [6.45, 7) is 12.3. The molecule has 2 aromatic carbocycles. The van der Waals surface area contributed by atoms with Gasteiger partial charge in [-0.05, 0) is 113 Å². The molecule has 0 aliphatic carbocycles. The summed E-state index contributed by atoms with van der Waals surface area (Å²) in [5.74, 6) is -1.54. The van der Waals surface area contributed by atoms with Crippen LogP contribution in [0.5, 0.6) is 23.0 Å². The third kappa shape index (κ3) is 18.7. The Morgan fingerprint density at radius 2 is 1.37 bits per heavy atom. The number of phenolic OH excluding ortho intramolecular Hbond substituents is 1. The second-order valence-corrected chi connectivity index (χ2v) is 19.9. The summed E-state index contributed by atoms with van der Waals surface area (Å²) in [6, 6.07) is 17.4. The SMILES string of the molecule is CC1OC(=O)c2c(O)cc(OCCCNc3ccccn3)cc2/C=C/CC(O)C(O)C(=O)/C=C\[C@H]1C.COCOc1cc(OCCCN([B]C=O)c2ccccn2)cc2c1C(=O)OC(C)[C@H](C)/C=C\C(=O)C1OC(C)(C)OC1C/C=C/2. The molecule has 1 fully saturated rings. The Labute approximate surface area is 473 Å². The van der Waals surface area contributed by atoms with E-state index < -0.39 is 60.1 Å². The highest BCUT2D eigenvalue weighted by Gasteiger charge is 2.44. The maximum atomic E-state index is 13.6. The molecule has 1 radical (unpaired) electrons. The lowest BCUT2D eigenvalue weighted by Gasteiger charge is -2.22. The van der Waals surface area contributed by atoms with Crippen LogP contribution in [0.25, 0.3) is 12.2 Å². The second kappa shape index (κ2) is 30.8. The topological polar surface area (TPSA) is 261 Å². The third-order valence-corrected chi connectivity index (χ3v) is 13.2. The van der Waals surface area contributed by atoms with Gasteiger partial charge in [-0.15, -0.1) is 0 Å². The molecule has 81 heavy (non-hydrogen) atoms. The Balaban J connectivity index is 0.000000268. The molecule has 3 aliphatic rings. The van der Waals surface area contributed by atoms with Crippen molar-refractivity contribution in [2.24, 2.45) is 11.8 Å². The van der Waals surface area contributed by atoms with Crippen LogP contribution >= 0.6 is 0 Å². The molecule has 3 aliphatic heterocycles. The van der Waals surface area contributed by atoms with Crippen molar-refractivity contribution in [1.29, 1.82) is 0 Å². The normalized spacial score (nSPS) is 24.5. The number of fused-ring (bicyclic) bond motifs is 3. The lowest BCUT2D eigenvalue weighted by Crippen LogP contribution is -2.32. The first-order chi connectivity index (χ1) is 38.9. The van der Waals surface area contributed by atoms with Crippen LogP contribution in [0.4, 0.5) is 11.6 Å². The van der Waals surface area contributed by atoms with Crippen LogP contribution in [0.3, 0.4) is 0 Å². The lowest BCUT2D eigenvalue weighted by molar-refractivity contribution is -0.152. The third-order valence-electron chi connectivity index (χ3n) is 13.2. The Kier molecular flexibility index (Phi) is 23.8. The van der Waals surface area contributed by atoms with Crippen molar-refractivity contribution in [3.8, 4) is 23.0 Å². The first-order valence-electron chi connectivity index (χ1n) is 26.8. The number of nitrogens with one attached hydrogen (secondary N) is 1. The van der Waals surface area contributed by atoms with Gasteiger partial charge >= 0.3 is 19.4 Å². The summed E-state index contributed by atoms with van der Waals surface area (Å²) in [5.41, 5.74) is 0.999. The quantitative estimate of drug-likeness (QED) is 0.0262. The molecule has 0 amide bonds. The van der Waals surface area contributed by atoms with Gasteiger partial charge in [-0.2, -0.15) is 0 Å². The van der Waals surface area contributed by atoms with E-state index in [4.69, 9.17) is 37.9 Å². The molecule has 0 saturated carbocycles. The van der Waals surface area contributed by atoms with E-state index in [1.54, 1.807) is 88.2 Å². The maximum Gasteiger partial charge on any atom is 0.342 e. The molecule has 2 aromatic heterocycles. The summed E-state index contributed by atoms with van der Waals surface area (Å²) < 4.78 is 46.2. The number of cyclic esters (lactones) is 2. The number of methoxy groups -OCH3 is 1. The van der Waals surface area contributed by atoms with E-state index in [0.29, 0.717) is 80.2 Å². The summed E-state index contributed by atoms with van der Waals surface area (Å²) >= 11 is 0. The molecule has 431 valence electrons. The van der Waals surface area contributed by atoms with Gasteiger partial charge < -0.3 is 68.1 Å². The van der Waals surface area contributed by atoms with Crippen molar-refractivity contribution in [2.75, 3.05) is 50.3 Å². The van der Waals surface area contributed by atoms with E-state index >= 15 is 0 Å². The Hall–Kier alpha value is -7.69. The molecular weight excluding hydrogens is 1040 g/mol. The first kappa shape index (κ1) is 62.5. The van der Waals surface area contributed by atoms with Crippen LogP contribution in [-0.2, 0) is 38.1 Å². The second-order valence-electron chi connectivity index (χ2n) is 19.9. The number of carbonyl (C=O) groups is 5. The van der Waals surface area contributed by atoms with E-state index in [1.807, 2.05) is 43.3 Å². The minimum Gasteiger partial charge on any atom is -0.507 e. The molecule has 4 N–H and O–H groups in total. The smallest absolute Gasteiger partial charge is 0.342 e. The number of ether oxygens (including phenoxy) is 8. The van der Waals surface area contributed by atoms with Crippen LogP contribution in [0.2, 0.25) is 0 Å². The minimum atomic E-state index is -1.58. The van der Waals surface area contributed by atoms with Gasteiger partial charge in [0.1, 0.15) is 76.4 Å². The molecular formula is C60H72BN4O16. The standard InChI is InChI=1S/C33H40BN2O9.C27H32N2O7/c1-22-13-14-26(38)31-27(44-33(3,4)45-31)11-8-10-24-18-25(19-28(42-21-40-5)30(24)32(39)43-23(22)2)41-17-9-16-36(34-20-37)29-12-6-7-15-35-29;1-17-10-11-22(31)26(33)21(30)8-5-7-19-15-20(16-23(32)25(19)27(34)36-18(17)2)35-14-6-13-29-24-9-3-4-12-28-24/h6-8,10,12-15,18-20,22-23,27,31H,9,11,16-17,21H2,1-5H3;3-5,7,9-12,15-18,21,26,30,32-33H,6,8,13-14H2,1-2H3,(H,28,29)/b10-8+,14-13-;7-5+,11-10-/t22-,23?,27?,31?;17-,18?,21?,26?/m11/s1. The summed E-state index contributed by atoms with van der Waals surface area (Å²) in [7, 11) is 2.91. The average molecular weight is 1120 g/mol. The van der Waals surface area contributed by atoms with Gasteiger partial charge in [0.2, 0.25) is 0 Å². The number of anilines is 2. The molecule has 4 aromatic rings. The fraction of sp³-hybridized carbons (Fsp3) is 0.417. The predicted octanol–water partition coefficient (Wildman–Crippen LogP) is 7.51.